The molecule has 0 saturated carbocycles. The third kappa shape index (κ3) is 3.82. The predicted octanol–water partition coefficient (Wildman–Crippen LogP) is 3.44. The number of nitro benzene ring substituents is 1. The van der Waals surface area contributed by atoms with Gasteiger partial charge in [-0.25, -0.2) is 0 Å². The van der Waals surface area contributed by atoms with Crippen LogP contribution in [0.3, 0.4) is 0 Å². The average Bonchev–Trinajstić information content (AvgIpc) is 2.55. The molecule has 0 bridgehead atoms. The summed E-state index contributed by atoms with van der Waals surface area (Å²) in [7, 11) is 0. The molecule has 112 valence electrons. The monoisotopic (exact) mass is 325 g/mol. The Labute approximate surface area is 136 Å². The Bertz CT molecular complexity index is 863. The second-order valence-electron chi connectivity index (χ2n) is 4.32. The standard InChI is InChI=1S/C15H8ClN5O2/c16-13-3-1-10(2-4-13)9-19-20-14-5-11(7-17)12(8-18)6-15(14)21(22)23/h1-6,9,20H. The van der Waals surface area contributed by atoms with Crippen LogP contribution in [-0.2, 0) is 0 Å². The Morgan fingerprint density at radius 1 is 1.17 bits per heavy atom. The largest absolute Gasteiger partial charge is 0.295 e. The SMILES string of the molecule is N#Cc1cc(NN=Cc2ccc(Cl)cc2)c([N+](=O)[O-])cc1C#N. The van der Waals surface area contributed by atoms with Gasteiger partial charge in [-0.2, -0.15) is 15.6 Å². The highest BCUT2D eigenvalue weighted by Gasteiger charge is 2.18. The van der Waals surface area contributed by atoms with E-state index in [0.717, 1.165) is 11.6 Å². The summed E-state index contributed by atoms with van der Waals surface area (Å²) >= 11 is 5.77. The van der Waals surface area contributed by atoms with Gasteiger partial charge in [0.25, 0.3) is 5.69 Å². The van der Waals surface area contributed by atoms with Crippen LogP contribution < -0.4 is 5.43 Å². The summed E-state index contributed by atoms with van der Waals surface area (Å²) in [6.45, 7) is 0. The van der Waals surface area contributed by atoms with Gasteiger partial charge in [0, 0.05) is 11.1 Å². The van der Waals surface area contributed by atoms with E-state index in [1.54, 1.807) is 30.3 Å². The number of halogens is 1. The lowest BCUT2D eigenvalue weighted by Crippen LogP contribution is -1.99. The highest BCUT2D eigenvalue weighted by atomic mass is 35.5. The van der Waals surface area contributed by atoms with E-state index in [2.05, 4.69) is 10.5 Å². The molecule has 2 aromatic rings. The fourth-order valence-corrected chi connectivity index (χ4v) is 1.87. The molecule has 0 spiro atoms. The number of nitrogens with one attached hydrogen (secondary N) is 1. The summed E-state index contributed by atoms with van der Waals surface area (Å²) in [5.74, 6) is 0. The first-order valence-electron chi connectivity index (χ1n) is 6.22. The molecule has 0 atom stereocenters. The number of hydrogen-bond donors (Lipinski definition) is 1. The van der Waals surface area contributed by atoms with Gasteiger partial charge in [-0.1, -0.05) is 23.7 Å². The van der Waals surface area contributed by atoms with Crippen molar-refractivity contribution in [3.63, 3.8) is 0 Å². The predicted molar refractivity (Wildman–Crippen MR) is 85.2 cm³/mol. The van der Waals surface area contributed by atoms with Crippen molar-refractivity contribution in [1.29, 1.82) is 10.5 Å². The molecule has 1 N–H and O–H groups in total. The van der Waals surface area contributed by atoms with Crippen molar-refractivity contribution < 1.29 is 4.92 Å². The van der Waals surface area contributed by atoms with E-state index in [0.29, 0.717) is 5.02 Å². The van der Waals surface area contributed by atoms with E-state index in [9.17, 15) is 10.1 Å². The van der Waals surface area contributed by atoms with Crippen LogP contribution in [-0.4, -0.2) is 11.1 Å². The van der Waals surface area contributed by atoms with Crippen molar-refractivity contribution in [3.05, 3.63) is 68.2 Å². The first kappa shape index (κ1) is 16.0. The minimum Gasteiger partial charge on any atom is -0.272 e. The van der Waals surface area contributed by atoms with Crippen LogP contribution in [0.4, 0.5) is 11.4 Å². The number of benzene rings is 2. The van der Waals surface area contributed by atoms with Crippen LogP contribution in [0, 0.1) is 32.8 Å². The third-order valence-electron chi connectivity index (χ3n) is 2.84. The van der Waals surface area contributed by atoms with E-state index < -0.39 is 4.92 Å². The lowest BCUT2D eigenvalue weighted by atomic mass is 10.1. The van der Waals surface area contributed by atoms with Crippen molar-refractivity contribution in [2.75, 3.05) is 5.43 Å². The molecule has 2 aromatic carbocycles. The number of hydrazone groups is 1. The molecule has 0 aromatic heterocycles. The van der Waals surface area contributed by atoms with Crippen molar-refractivity contribution in [1.82, 2.24) is 0 Å². The first-order valence-corrected chi connectivity index (χ1v) is 6.60. The van der Waals surface area contributed by atoms with E-state index in [1.165, 1.54) is 12.3 Å². The fourth-order valence-electron chi connectivity index (χ4n) is 1.74. The molecule has 0 aliphatic heterocycles. The molecular formula is C15H8ClN5O2. The van der Waals surface area contributed by atoms with Crippen LogP contribution in [0.2, 0.25) is 5.02 Å². The molecule has 0 aliphatic carbocycles. The first-order chi connectivity index (χ1) is 11.0. The van der Waals surface area contributed by atoms with Crippen LogP contribution >= 0.6 is 11.6 Å². The van der Waals surface area contributed by atoms with Gasteiger partial charge in [-0.05, 0) is 23.8 Å². The molecule has 0 radical (unpaired) electrons. The maximum Gasteiger partial charge on any atom is 0.295 e. The van der Waals surface area contributed by atoms with Gasteiger partial charge in [-0.3, -0.25) is 15.5 Å². The van der Waals surface area contributed by atoms with E-state index in [1.807, 2.05) is 6.07 Å². The van der Waals surface area contributed by atoms with Crippen LogP contribution in [0.1, 0.15) is 16.7 Å². The summed E-state index contributed by atoms with van der Waals surface area (Å²) in [6, 6.07) is 12.6. The van der Waals surface area contributed by atoms with E-state index in [4.69, 9.17) is 22.1 Å². The Morgan fingerprint density at radius 3 is 2.35 bits per heavy atom. The number of hydrogen-bond acceptors (Lipinski definition) is 6. The molecule has 2 rings (SSSR count). The molecule has 0 saturated heterocycles. The minimum atomic E-state index is -0.651. The number of nitriles is 2. The van der Waals surface area contributed by atoms with Gasteiger partial charge in [0.1, 0.15) is 17.8 Å². The van der Waals surface area contributed by atoms with Crippen LogP contribution in [0.15, 0.2) is 41.5 Å². The maximum atomic E-state index is 11.1. The topological polar surface area (TPSA) is 115 Å². The van der Waals surface area contributed by atoms with E-state index in [-0.39, 0.29) is 22.5 Å². The Morgan fingerprint density at radius 2 is 1.78 bits per heavy atom. The van der Waals surface area contributed by atoms with Gasteiger partial charge < -0.3 is 0 Å². The van der Waals surface area contributed by atoms with Gasteiger partial charge in [-0.15, -0.1) is 0 Å². The number of rotatable bonds is 4. The van der Waals surface area contributed by atoms with Crippen molar-refractivity contribution in [2.45, 2.75) is 0 Å². The third-order valence-corrected chi connectivity index (χ3v) is 3.09. The lowest BCUT2D eigenvalue weighted by molar-refractivity contribution is -0.384. The average molecular weight is 326 g/mol. The highest BCUT2D eigenvalue weighted by Crippen LogP contribution is 2.28. The van der Waals surface area contributed by atoms with Crippen molar-refractivity contribution in [2.24, 2.45) is 5.10 Å². The zero-order valence-electron chi connectivity index (χ0n) is 11.5. The van der Waals surface area contributed by atoms with Crippen molar-refractivity contribution >= 4 is 29.2 Å². The molecule has 0 aliphatic rings. The Balaban J connectivity index is 2.31. The molecule has 23 heavy (non-hydrogen) atoms. The number of nitrogens with zero attached hydrogens (tertiary/aromatic N) is 4. The molecule has 0 unspecified atom stereocenters. The van der Waals surface area contributed by atoms with Gasteiger partial charge >= 0.3 is 0 Å². The van der Waals surface area contributed by atoms with E-state index >= 15 is 0 Å². The maximum absolute atomic E-state index is 11.1. The zero-order valence-corrected chi connectivity index (χ0v) is 12.3. The minimum absolute atomic E-state index is 0.0239. The van der Waals surface area contributed by atoms with Gasteiger partial charge in [0.2, 0.25) is 0 Å². The van der Waals surface area contributed by atoms with Crippen LogP contribution in [0.5, 0.6) is 0 Å². The summed E-state index contributed by atoms with van der Waals surface area (Å²) in [6.07, 6.45) is 1.45. The van der Waals surface area contributed by atoms with Crippen molar-refractivity contribution in [3.8, 4) is 12.1 Å². The summed E-state index contributed by atoms with van der Waals surface area (Å²) in [4.78, 5) is 10.4. The molecule has 7 nitrogen and oxygen atoms in total. The van der Waals surface area contributed by atoms with Crippen LogP contribution in [0.25, 0.3) is 0 Å². The molecule has 8 heteroatoms. The summed E-state index contributed by atoms with van der Waals surface area (Å²) in [5.41, 5.74) is 2.90. The molecular weight excluding hydrogens is 318 g/mol. The summed E-state index contributed by atoms with van der Waals surface area (Å²) < 4.78 is 0. The number of nitro groups is 1. The quantitative estimate of drug-likeness (QED) is 0.525. The smallest absolute Gasteiger partial charge is 0.272 e. The zero-order chi connectivity index (χ0) is 16.8. The second-order valence-corrected chi connectivity index (χ2v) is 4.75. The second kappa shape index (κ2) is 7.03. The molecule has 0 fully saturated rings. The normalized spacial score (nSPS) is 10.0. The highest BCUT2D eigenvalue weighted by molar-refractivity contribution is 6.30. The van der Waals surface area contributed by atoms with Gasteiger partial charge in [0.05, 0.1) is 22.3 Å². The fraction of sp³-hybridized carbons (Fsp3) is 0. The summed E-state index contributed by atoms with van der Waals surface area (Å²) in [5, 5.41) is 33.4. The molecule has 0 amide bonds. The number of anilines is 1. The van der Waals surface area contributed by atoms with Gasteiger partial charge in [0.15, 0.2) is 0 Å². The molecule has 0 heterocycles. The lowest BCUT2D eigenvalue weighted by Gasteiger charge is -2.04. The Kier molecular flexibility index (Phi) is 4.88. The Hall–Kier alpha value is -3.42.